The second-order valence-corrected chi connectivity index (χ2v) is 6.90. The number of phenolic OH excluding ortho intramolecular Hbond substituents is 1. The van der Waals surface area contributed by atoms with Crippen molar-refractivity contribution in [2.24, 2.45) is 0 Å². The number of nitro benzene ring substituents is 1. The van der Waals surface area contributed by atoms with E-state index in [1.165, 1.54) is 47.4 Å². The summed E-state index contributed by atoms with van der Waals surface area (Å²) in [7, 11) is 0. The van der Waals surface area contributed by atoms with E-state index in [4.69, 9.17) is 0 Å². The van der Waals surface area contributed by atoms with Crippen molar-refractivity contribution in [3.63, 3.8) is 0 Å². The number of benzene rings is 2. The zero-order chi connectivity index (χ0) is 16.4. The third-order valence-corrected chi connectivity index (χ3v) is 5.24. The zero-order valence-electron chi connectivity index (χ0n) is 11.6. The minimum absolute atomic E-state index is 0.0258. The Bertz CT molecular complexity index is 890. The highest BCUT2D eigenvalue weighted by Crippen LogP contribution is 2.32. The van der Waals surface area contributed by atoms with Gasteiger partial charge in [0.1, 0.15) is 5.75 Å². The van der Waals surface area contributed by atoms with Gasteiger partial charge in [-0.2, -0.15) is 0 Å². The summed E-state index contributed by atoms with van der Waals surface area (Å²) in [6.07, 6.45) is 0. The van der Waals surface area contributed by atoms with E-state index < -0.39 is 4.92 Å². The summed E-state index contributed by atoms with van der Waals surface area (Å²) >= 11 is 2.62. The van der Waals surface area contributed by atoms with E-state index in [-0.39, 0.29) is 23.0 Å². The van der Waals surface area contributed by atoms with Crippen molar-refractivity contribution in [2.45, 2.75) is 4.34 Å². The molecule has 0 saturated carbocycles. The van der Waals surface area contributed by atoms with Crippen LogP contribution in [0.2, 0.25) is 0 Å². The van der Waals surface area contributed by atoms with Crippen LogP contribution in [0, 0.1) is 10.1 Å². The SMILES string of the molecule is O=C(CSc1nc2ccc([N+](=O)[O-])cc2s1)c1ccc(O)cc1. The van der Waals surface area contributed by atoms with Gasteiger partial charge >= 0.3 is 0 Å². The lowest BCUT2D eigenvalue weighted by molar-refractivity contribution is -0.384. The predicted molar refractivity (Wildman–Crippen MR) is 89.4 cm³/mol. The van der Waals surface area contributed by atoms with Gasteiger partial charge in [0, 0.05) is 17.7 Å². The van der Waals surface area contributed by atoms with Crippen LogP contribution in [0.15, 0.2) is 46.8 Å². The van der Waals surface area contributed by atoms with Gasteiger partial charge in [-0.15, -0.1) is 11.3 Å². The first-order chi connectivity index (χ1) is 11.0. The number of hydrogen-bond donors (Lipinski definition) is 1. The van der Waals surface area contributed by atoms with Crippen molar-refractivity contribution >= 4 is 44.8 Å². The van der Waals surface area contributed by atoms with Crippen molar-refractivity contribution < 1.29 is 14.8 Å². The molecule has 0 radical (unpaired) electrons. The summed E-state index contributed by atoms with van der Waals surface area (Å²) < 4.78 is 1.41. The second kappa shape index (κ2) is 6.35. The lowest BCUT2D eigenvalue weighted by Crippen LogP contribution is -2.01. The van der Waals surface area contributed by atoms with E-state index in [1.807, 2.05) is 0 Å². The molecule has 23 heavy (non-hydrogen) atoms. The third kappa shape index (κ3) is 3.49. The van der Waals surface area contributed by atoms with E-state index in [9.17, 15) is 20.0 Å². The number of thioether (sulfide) groups is 1. The molecule has 3 rings (SSSR count). The highest BCUT2D eigenvalue weighted by molar-refractivity contribution is 8.01. The average Bonchev–Trinajstić information content (AvgIpc) is 2.95. The molecular formula is C15H10N2O4S2. The Kier molecular flexibility index (Phi) is 4.26. The molecule has 3 aromatic rings. The molecule has 1 aromatic heterocycles. The fraction of sp³-hybridized carbons (Fsp3) is 0.0667. The van der Waals surface area contributed by atoms with Crippen LogP contribution in [0.4, 0.5) is 5.69 Å². The molecular weight excluding hydrogens is 336 g/mol. The lowest BCUT2D eigenvalue weighted by atomic mass is 10.1. The molecule has 0 bridgehead atoms. The van der Waals surface area contributed by atoms with Crippen LogP contribution < -0.4 is 0 Å². The molecule has 0 amide bonds. The summed E-state index contributed by atoms with van der Waals surface area (Å²) in [5.74, 6) is 0.259. The molecule has 0 fully saturated rings. The molecule has 8 heteroatoms. The second-order valence-electron chi connectivity index (χ2n) is 4.65. The molecule has 0 atom stereocenters. The van der Waals surface area contributed by atoms with Crippen LogP contribution in [0.25, 0.3) is 10.2 Å². The largest absolute Gasteiger partial charge is 0.508 e. The van der Waals surface area contributed by atoms with Crippen LogP contribution in [0.1, 0.15) is 10.4 Å². The van der Waals surface area contributed by atoms with E-state index >= 15 is 0 Å². The van der Waals surface area contributed by atoms with E-state index in [0.717, 1.165) is 4.70 Å². The fourth-order valence-electron chi connectivity index (χ4n) is 1.93. The number of nitrogens with zero attached hydrogens (tertiary/aromatic N) is 2. The standard InChI is InChI=1S/C15H10N2O4S2/c18-11-4-1-9(2-5-11)13(19)8-22-15-16-12-6-3-10(17(20)21)7-14(12)23-15/h1-7,18H,8H2. The summed E-state index contributed by atoms with van der Waals surface area (Å²) in [6, 6.07) is 10.6. The first-order valence-corrected chi connectivity index (χ1v) is 8.33. The summed E-state index contributed by atoms with van der Waals surface area (Å²) in [4.78, 5) is 26.8. The molecule has 1 N–H and O–H groups in total. The van der Waals surface area contributed by atoms with Crippen LogP contribution in [-0.4, -0.2) is 26.5 Å². The van der Waals surface area contributed by atoms with Crippen molar-refractivity contribution in [1.82, 2.24) is 4.98 Å². The molecule has 0 unspecified atom stereocenters. The number of phenols is 1. The van der Waals surface area contributed by atoms with Gasteiger partial charge in [-0.1, -0.05) is 11.8 Å². The number of rotatable bonds is 5. The Morgan fingerprint density at radius 3 is 2.70 bits per heavy atom. The van der Waals surface area contributed by atoms with Gasteiger partial charge < -0.3 is 5.11 Å². The van der Waals surface area contributed by atoms with Gasteiger partial charge in [0.05, 0.1) is 20.9 Å². The quantitative estimate of drug-likeness (QED) is 0.326. The van der Waals surface area contributed by atoms with E-state index in [2.05, 4.69) is 4.98 Å². The maximum Gasteiger partial charge on any atom is 0.270 e. The minimum Gasteiger partial charge on any atom is -0.508 e. The fourth-order valence-corrected chi connectivity index (χ4v) is 3.92. The Hall–Kier alpha value is -2.45. The smallest absolute Gasteiger partial charge is 0.270 e. The van der Waals surface area contributed by atoms with Gasteiger partial charge in [-0.25, -0.2) is 4.98 Å². The monoisotopic (exact) mass is 346 g/mol. The number of hydrogen-bond acceptors (Lipinski definition) is 7. The van der Waals surface area contributed by atoms with Crippen LogP contribution in [-0.2, 0) is 0 Å². The topological polar surface area (TPSA) is 93.3 Å². The number of non-ortho nitro benzene ring substituents is 1. The van der Waals surface area contributed by atoms with Crippen LogP contribution >= 0.6 is 23.1 Å². The maximum absolute atomic E-state index is 12.1. The number of fused-ring (bicyclic) bond motifs is 1. The third-order valence-electron chi connectivity index (χ3n) is 3.08. The van der Waals surface area contributed by atoms with Gasteiger partial charge in [-0.05, 0) is 30.3 Å². The molecule has 6 nitrogen and oxygen atoms in total. The Labute approximate surface area is 138 Å². The Balaban J connectivity index is 1.72. The number of ketones is 1. The average molecular weight is 346 g/mol. The molecule has 0 aliphatic rings. The number of carbonyl (C=O) groups is 1. The lowest BCUT2D eigenvalue weighted by Gasteiger charge is -1.99. The first kappa shape index (κ1) is 15.4. The molecule has 0 saturated heterocycles. The van der Waals surface area contributed by atoms with Gasteiger partial charge in [0.15, 0.2) is 10.1 Å². The van der Waals surface area contributed by atoms with E-state index in [1.54, 1.807) is 18.2 Å². The van der Waals surface area contributed by atoms with E-state index in [0.29, 0.717) is 15.4 Å². The maximum atomic E-state index is 12.1. The number of thiazole rings is 1. The number of aromatic hydroxyl groups is 1. The Morgan fingerprint density at radius 1 is 1.26 bits per heavy atom. The molecule has 0 aliphatic heterocycles. The van der Waals surface area contributed by atoms with Crippen molar-refractivity contribution in [3.05, 3.63) is 58.1 Å². The van der Waals surface area contributed by atoms with Gasteiger partial charge in [0.2, 0.25) is 0 Å². The van der Waals surface area contributed by atoms with Crippen molar-refractivity contribution in [1.29, 1.82) is 0 Å². The summed E-state index contributed by atoms with van der Waals surface area (Å²) in [5.41, 5.74) is 1.23. The first-order valence-electron chi connectivity index (χ1n) is 6.53. The molecule has 2 aromatic carbocycles. The van der Waals surface area contributed by atoms with Crippen molar-refractivity contribution in [2.75, 3.05) is 5.75 Å². The summed E-state index contributed by atoms with van der Waals surface area (Å²) in [5, 5.41) is 20.0. The van der Waals surface area contributed by atoms with Crippen LogP contribution in [0.5, 0.6) is 5.75 Å². The van der Waals surface area contributed by atoms with Crippen molar-refractivity contribution in [3.8, 4) is 5.75 Å². The molecule has 0 aliphatic carbocycles. The number of Topliss-reactive ketones (excluding diaryl/α,β-unsaturated/α-hetero) is 1. The number of aromatic nitrogens is 1. The number of carbonyl (C=O) groups excluding carboxylic acids is 1. The zero-order valence-corrected chi connectivity index (χ0v) is 13.3. The molecule has 1 heterocycles. The highest BCUT2D eigenvalue weighted by atomic mass is 32.2. The normalized spacial score (nSPS) is 10.8. The molecule has 116 valence electrons. The predicted octanol–water partition coefficient (Wildman–Crippen LogP) is 3.89. The highest BCUT2D eigenvalue weighted by Gasteiger charge is 2.12. The molecule has 0 spiro atoms. The van der Waals surface area contributed by atoms with Crippen LogP contribution in [0.3, 0.4) is 0 Å². The van der Waals surface area contributed by atoms with Gasteiger partial charge in [0.25, 0.3) is 5.69 Å². The minimum atomic E-state index is -0.444. The Morgan fingerprint density at radius 2 is 2.00 bits per heavy atom. The summed E-state index contributed by atoms with van der Waals surface area (Å²) in [6.45, 7) is 0. The van der Waals surface area contributed by atoms with Gasteiger partial charge in [-0.3, -0.25) is 14.9 Å². The number of nitro groups is 1.